The van der Waals surface area contributed by atoms with Crippen molar-refractivity contribution in [2.45, 2.75) is 12.8 Å². The lowest BCUT2D eigenvalue weighted by molar-refractivity contribution is 0.0304. The Morgan fingerprint density at radius 3 is 2.35 bits per heavy atom. The van der Waals surface area contributed by atoms with Crippen molar-refractivity contribution in [2.24, 2.45) is 0 Å². The topological polar surface area (TPSA) is 87.7 Å². The van der Waals surface area contributed by atoms with Crippen LogP contribution in [0.3, 0.4) is 0 Å². The number of rotatable bonds is 7. The zero-order chi connectivity index (χ0) is 16.5. The highest BCUT2D eigenvalue weighted by atomic mass is 16.6. The highest BCUT2D eigenvalue weighted by Crippen LogP contribution is 2.06. The highest BCUT2D eigenvalue weighted by molar-refractivity contribution is 5.98. The molecule has 0 fully saturated rings. The van der Waals surface area contributed by atoms with Gasteiger partial charge in [0, 0.05) is 11.1 Å². The first-order chi connectivity index (χ1) is 11.2. The summed E-state index contributed by atoms with van der Waals surface area (Å²) < 4.78 is 0. The summed E-state index contributed by atoms with van der Waals surface area (Å²) in [5, 5.41) is 8.59. The van der Waals surface area contributed by atoms with E-state index in [4.69, 9.17) is 10.0 Å². The van der Waals surface area contributed by atoms with Gasteiger partial charge in [0.1, 0.15) is 0 Å². The van der Waals surface area contributed by atoms with Gasteiger partial charge in [0.15, 0.2) is 0 Å². The third-order valence-electron chi connectivity index (χ3n) is 3.21. The molecule has 23 heavy (non-hydrogen) atoms. The molecule has 0 aliphatic rings. The van der Waals surface area contributed by atoms with Gasteiger partial charge < -0.3 is 0 Å². The van der Waals surface area contributed by atoms with Crippen LogP contribution in [0.2, 0.25) is 0 Å². The van der Waals surface area contributed by atoms with Crippen molar-refractivity contribution in [3.63, 3.8) is 0 Å². The van der Waals surface area contributed by atoms with Crippen LogP contribution >= 0.6 is 0 Å². The third-order valence-corrected chi connectivity index (χ3v) is 3.21. The Bertz CT molecular complexity index is 659. The maximum atomic E-state index is 11.9. The maximum absolute atomic E-state index is 11.9. The number of hydrogen-bond donors (Lipinski definition) is 3. The Kier molecular flexibility index (Phi) is 6.28. The second-order valence-electron chi connectivity index (χ2n) is 4.89. The summed E-state index contributed by atoms with van der Waals surface area (Å²) in [4.78, 5) is 28.4. The molecule has 0 bridgehead atoms. The van der Waals surface area contributed by atoms with Gasteiger partial charge in [-0.05, 0) is 36.6 Å². The predicted molar refractivity (Wildman–Crippen MR) is 83.9 cm³/mol. The molecule has 6 nitrogen and oxygen atoms in total. The smallest absolute Gasteiger partial charge is 0.274 e. The van der Waals surface area contributed by atoms with E-state index in [1.165, 1.54) is 23.2 Å². The number of hydrogen-bond acceptors (Lipinski definition) is 4. The summed E-state index contributed by atoms with van der Waals surface area (Å²) in [7, 11) is 0. The van der Waals surface area contributed by atoms with E-state index in [1.54, 1.807) is 12.1 Å². The van der Waals surface area contributed by atoms with Crippen molar-refractivity contribution in [3.8, 4) is 0 Å². The summed E-state index contributed by atoms with van der Waals surface area (Å²) in [6.45, 7) is 0.386. The maximum Gasteiger partial charge on any atom is 0.274 e. The fourth-order valence-electron chi connectivity index (χ4n) is 2.03. The number of carbonyl (C=O) groups is 2. The molecule has 3 N–H and O–H groups in total. The average Bonchev–Trinajstić information content (AvgIpc) is 2.61. The van der Waals surface area contributed by atoms with Crippen LogP contribution in [0.4, 0.5) is 0 Å². The van der Waals surface area contributed by atoms with Gasteiger partial charge in [0.25, 0.3) is 11.8 Å². The lowest BCUT2D eigenvalue weighted by Crippen LogP contribution is -2.25. The molecule has 0 radical (unpaired) electrons. The van der Waals surface area contributed by atoms with Crippen LogP contribution in [-0.4, -0.2) is 23.6 Å². The lowest BCUT2D eigenvalue weighted by atomic mass is 10.1. The Morgan fingerprint density at radius 2 is 1.65 bits per heavy atom. The molecule has 0 saturated carbocycles. The molecular weight excluding hydrogens is 296 g/mol. The Labute approximate surface area is 134 Å². The Morgan fingerprint density at radius 1 is 0.957 bits per heavy atom. The van der Waals surface area contributed by atoms with E-state index in [0.717, 1.165) is 12.8 Å². The van der Waals surface area contributed by atoms with E-state index >= 15 is 0 Å². The molecule has 0 aliphatic carbocycles. The van der Waals surface area contributed by atoms with E-state index < -0.39 is 11.8 Å². The van der Waals surface area contributed by atoms with Crippen molar-refractivity contribution in [2.75, 3.05) is 6.61 Å². The summed E-state index contributed by atoms with van der Waals surface area (Å²) in [6.07, 6.45) is 1.64. The third kappa shape index (κ3) is 5.21. The number of amides is 2. The van der Waals surface area contributed by atoms with Crippen LogP contribution in [0.5, 0.6) is 0 Å². The van der Waals surface area contributed by atoms with Crippen LogP contribution in [0.15, 0.2) is 54.6 Å². The predicted octanol–water partition coefficient (Wildman–Crippen LogP) is 2.10. The average molecular weight is 314 g/mol. The Balaban J connectivity index is 1.75. The second-order valence-corrected chi connectivity index (χ2v) is 4.89. The van der Waals surface area contributed by atoms with Gasteiger partial charge in [0.2, 0.25) is 0 Å². The van der Waals surface area contributed by atoms with Gasteiger partial charge in [-0.1, -0.05) is 36.4 Å². The summed E-state index contributed by atoms with van der Waals surface area (Å²) in [5.41, 5.74) is 5.53. The number of benzene rings is 2. The van der Waals surface area contributed by atoms with Crippen molar-refractivity contribution in [3.05, 3.63) is 71.3 Å². The van der Waals surface area contributed by atoms with Crippen molar-refractivity contribution >= 4 is 11.8 Å². The van der Waals surface area contributed by atoms with E-state index in [0.29, 0.717) is 6.61 Å². The van der Waals surface area contributed by atoms with E-state index in [2.05, 4.69) is 5.48 Å². The lowest BCUT2D eigenvalue weighted by Gasteiger charge is -2.07. The number of hydroxylamine groups is 2. The fourth-order valence-corrected chi connectivity index (χ4v) is 2.03. The largest absolute Gasteiger partial charge is 0.288 e. The molecule has 0 spiro atoms. The molecule has 2 amide bonds. The van der Waals surface area contributed by atoms with Crippen LogP contribution in [0.25, 0.3) is 0 Å². The first-order valence-corrected chi connectivity index (χ1v) is 7.21. The molecule has 0 aliphatic heterocycles. The fraction of sp³-hybridized carbons (Fsp3) is 0.176. The van der Waals surface area contributed by atoms with E-state index in [-0.39, 0.29) is 11.1 Å². The standard InChI is InChI=1S/C17H18N2O4/c20-16(18-22)14-9-4-10-15(12-14)17(21)19-23-11-5-8-13-6-2-1-3-7-13/h1-4,6-7,9-10,12,22H,5,8,11H2,(H,18,20)(H,19,21). The van der Waals surface area contributed by atoms with Crippen molar-refractivity contribution < 1.29 is 19.6 Å². The second kappa shape index (κ2) is 8.67. The quantitative estimate of drug-likeness (QED) is 0.415. The van der Waals surface area contributed by atoms with Crippen LogP contribution < -0.4 is 11.0 Å². The molecule has 2 rings (SSSR count). The number of nitrogens with one attached hydrogen (secondary N) is 2. The van der Waals surface area contributed by atoms with E-state index in [1.807, 2.05) is 30.3 Å². The molecule has 0 aromatic heterocycles. The zero-order valence-electron chi connectivity index (χ0n) is 12.5. The molecule has 0 atom stereocenters. The summed E-state index contributed by atoms with van der Waals surface area (Å²) in [6, 6.07) is 16.0. The van der Waals surface area contributed by atoms with Crippen LogP contribution in [0, 0.1) is 0 Å². The van der Waals surface area contributed by atoms with Crippen LogP contribution in [0.1, 0.15) is 32.7 Å². The van der Waals surface area contributed by atoms with E-state index in [9.17, 15) is 9.59 Å². The van der Waals surface area contributed by atoms with Gasteiger partial charge >= 0.3 is 0 Å². The first kappa shape index (κ1) is 16.7. The summed E-state index contributed by atoms with van der Waals surface area (Å²) >= 11 is 0. The molecule has 0 saturated heterocycles. The molecule has 6 heteroatoms. The van der Waals surface area contributed by atoms with Crippen molar-refractivity contribution in [1.82, 2.24) is 11.0 Å². The van der Waals surface area contributed by atoms with Gasteiger partial charge in [0.05, 0.1) is 6.61 Å². The molecule has 0 unspecified atom stereocenters. The molecule has 120 valence electrons. The van der Waals surface area contributed by atoms with Crippen LogP contribution in [-0.2, 0) is 11.3 Å². The molecule has 0 heterocycles. The zero-order valence-corrected chi connectivity index (χ0v) is 12.5. The minimum absolute atomic E-state index is 0.184. The van der Waals surface area contributed by atoms with Gasteiger partial charge in [-0.3, -0.25) is 19.6 Å². The highest BCUT2D eigenvalue weighted by Gasteiger charge is 2.09. The van der Waals surface area contributed by atoms with Gasteiger partial charge in [-0.2, -0.15) is 0 Å². The minimum atomic E-state index is -0.677. The molecule has 2 aromatic rings. The van der Waals surface area contributed by atoms with Gasteiger partial charge in [-0.25, -0.2) is 11.0 Å². The van der Waals surface area contributed by atoms with Crippen molar-refractivity contribution in [1.29, 1.82) is 0 Å². The normalized spacial score (nSPS) is 10.1. The monoisotopic (exact) mass is 314 g/mol. The molecule has 2 aromatic carbocycles. The minimum Gasteiger partial charge on any atom is -0.288 e. The Hall–Kier alpha value is -2.70. The SMILES string of the molecule is O=C(NO)c1cccc(C(=O)NOCCCc2ccccc2)c1. The first-order valence-electron chi connectivity index (χ1n) is 7.21. The molecular formula is C17H18N2O4. The number of aryl methyl sites for hydroxylation is 1. The van der Waals surface area contributed by atoms with Gasteiger partial charge in [-0.15, -0.1) is 0 Å². The number of carbonyl (C=O) groups excluding carboxylic acids is 2. The summed E-state index contributed by atoms with van der Waals surface area (Å²) in [5.74, 6) is -1.12.